The zero-order valence-electron chi connectivity index (χ0n) is 16.4. The minimum atomic E-state index is -3.51. The Kier molecular flexibility index (Phi) is 6.55. The quantitative estimate of drug-likeness (QED) is 0.835. The van der Waals surface area contributed by atoms with E-state index in [4.69, 9.17) is 0 Å². The topological polar surface area (TPSA) is 69.7 Å². The van der Waals surface area contributed by atoms with E-state index in [1.54, 1.807) is 29.4 Å². The van der Waals surface area contributed by atoms with E-state index in [9.17, 15) is 13.2 Å². The molecule has 1 N–H and O–H groups in total. The van der Waals surface area contributed by atoms with Gasteiger partial charge < -0.3 is 5.32 Å². The van der Waals surface area contributed by atoms with Crippen molar-refractivity contribution in [3.63, 3.8) is 0 Å². The van der Waals surface area contributed by atoms with Crippen LogP contribution in [0, 0.1) is 12.8 Å². The molecule has 3 rings (SSSR count). The van der Waals surface area contributed by atoms with Crippen molar-refractivity contribution in [1.29, 1.82) is 0 Å². The van der Waals surface area contributed by atoms with Gasteiger partial charge in [-0.1, -0.05) is 19.4 Å². The molecule has 1 atom stereocenters. The second kappa shape index (κ2) is 8.71. The Morgan fingerprint density at radius 2 is 1.89 bits per heavy atom. The average Bonchev–Trinajstić information content (AvgIpc) is 2.64. The number of aryl methyl sites for hydroxylation is 1. The van der Waals surface area contributed by atoms with Crippen LogP contribution in [0.5, 0.6) is 0 Å². The maximum absolute atomic E-state index is 13.0. The Bertz CT molecular complexity index is 773. The molecule has 1 unspecified atom stereocenters. The molecule has 6 nitrogen and oxygen atoms in total. The summed E-state index contributed by atoms with van der Waals surface area (Å²) in [7, 11) is -3.51. The fourth-order valence-electron chi connectivity index (χ4n) is 4.03. The highest BCUT2D eigenvalue weighted by Crippen LogP contribution is 2.26. The highest BCUT2D eigenvalue weighted by Gasteiger charge is 2.27. The molecule has 27 heavy (non-hydrogen) atoms. The third-order valence-corrected chi connectivity index (χ3v) is 7.55. The second-order valence-corrected chi connectivity index (χ2v) is 9.88. The van der Waals surface area contributed by atoms with Crippen LogP contribution in [0.15, 0.2) is 23.1 Å². The third kappa shape index (κ3) is 5.09. The van der Waals surface area contributed by atoms with Crippen molar-refractivity contribution in [3.05, 3.63) is 23.8 Å². The highest BCUT2D eigenvalue weighted by atomic mass is 32.2. The van der Waals surface area contributed by atoms with Crippen LogP contribution in [-0.2, 0) is 14.8 Å². The molecule has 1 aromatic carbocycles. The highest BCUT2D eigenvalue weighted by molar-refractivity contribution is 7.89. The zero-order valence-corrected chi connectivity index (χ0v) is 17.2. The third-order valence-electron chi connectivity index (χ3n) is 5.51. The summed E-state index contributed by atoms with van der Waals surface area (Å²) in [5, 5.41) is 2.88. The number of carbonyl (C=O) groups is 1. The van der Waals surface area contributed by atoms with Crippen LogP contribution in [0.3, 0.4) is 0 Å². The maximum Gasteiger partial charge on any atom is 0.243 e. The number of anilines is 1. The number of nitrogens with zero attached hydrogens (tertiary/aromatic N) is 2. The van der Waals surface area contributed by atoms with E-state index in [0.717, 1.165) is 38.8 Å². The van der Waals surface area contributed by atoms with Crippen LogP contribution >= 0.6 is 0 Å². The van der Waals surface area contributed by atoms with Gasteiger partial charge in [0.25, 0.3) is 0 Å². The predicted molar refractivity (Wildman–Crippen MR) is 107 cm³/mol. The lowest BCUT2D eigenvalue weighted by Crippen LogP contribution is -2.39. The van der Waals surface area contributed by atoms with Crippen molar-refractivity contribution in [2.24, 2.45) is 5.92 Å². The van der Waals surface area contributed by atoms with Gasteiger partial charge in [0.1, 0.15) is 0 Å². The summed E-state index contributed by atoms with van der Waals surface area (Å²) in [6, 6.07) is 5.16. The van der Waals surface area contributed by atoms with Crippen LogP contribution in [-0.4, -0.2) is 56.3 Å². The number of likely N-dealkylation sites (tertiary alicyclic amines) is 1. The molecule has 0 bridgehead atoms. The van der Waals surface area contributed by atoms with Crippen molar-refractivity contribution in [2.45, 2.75) is 50.8 Å². The fourth-order valence-corrected chi connectivity index (χ4v) is 5.80. The van der Waals surface area contributed by atoms with Crippen LogP contribution < -0.4 is 5.32 Å². The standard InChI is InChI=1S/C20H31N3O3S/c1-16-7-6-10-22(14-16)15-20(24)21-18-9-8-17(2)19(13-18)27(25,26)23-11-4-3-5-12-23/h8-9,13,16H,3-7,10-12,14-15H2,1-2H3,(H,21,24). The molecule has 2 aliphatic heterocycles. The molecule has 1 aromatic rings. The maximum atomic E-state index is 13.0. The van der Waals surface area contributed by atoms with Crippen molar-refractivity contribution < 1.29 is 13.2 Å². The van der Waals surface area contributed by atoms with E-state index in [2.05, 4.69) is 17.1 Å². The fraction of sp³-hybridized carbons (Fsp3) is 0.650. The molecule has 0 aliphatic carbocycles. The molecule has 2 heterocycles. The van der Waals surface area contributed by atoms with Gasteiger partial charge in [-0.05, 0) is 62.8 Å². The molecule has 0 spiro atoms. The first kappa shape index (κ1) is 20.3. The first-order chi connectivity index (χ1) is 12.9. The van der Waals surface area contributed by atoms with Crippen molar-refractivity contribution in [1.82, 2.24) is 9.21 Å². The number of sulfonamides is 1. The lowest BCUT2D eigenvalue weighted by atomic mass is 10.0. The molecule has 150 valence electrons. The molecule has 2 saturated heterocycles. The van der Waals surface area contributed by atoms with Gasteiger partial charge in [-0.15, -0.1) is 0 Å². The van der Waals surface area contributed by atoms with Crippen LogP contribution in [0.4, 0.5) is 5.69 Å². The second-order valence-electron chi connectivity index (χ2n) is 7.98. The smallest absolute Gasteiger partial charge is 0.243 e. The van der Waals surface area contributed by atoms with Gasteiger partial charge in [0.2, 0.25) is 15.9 Å². The number of piperidine rings is 2. The lowest BCUT2D eigenvalue weighted by Gasteiger charge is -2.30. The minimum absolute atomic E-state index is 0.0886. The summed E-state index contributed by atoms with van der Waals surface area (Å²) in [4.78, 5) is 14.9. The number of hydrogen-bond donors (Lipinski definition) is 1. The molecular weight excluding hydrogens is 362 g/mol. The SMILES string of the molecule is Cc1ccc(NC(=O)CN2CCCC(C)C2)cc1S(=O)(=O)N1CCCCC1. The van der Waals surface area contributed by atoms with E-state index >= 15 is 0 Å². The Morgan fingerprint density at radius 1 is 1.15 bits per heavy atom. The first-order valence-electron chi connectivity index (χ1n) is 9.99. The summed E-state index contributed by atoms with van der Waals surface area (Å²) in [5.41, 5.74) is 1.26. The molecule has 0 saturated carbocycles. The number of nitrogens with one attached hydrogen (secondary N) is 1. The van der Waals surface area contributed by atoms with Crippen LogP contribution in [0.25, 0.3) is 0 Å². The first-order valence-corrected chi connectivity index (χ1v) is 11.4. The molecule has 2 fully saturated rings. The van der Waals surface area contributed by atoms with Gasteiger partial charge in [0.15, 0.2) is 0 Å². The normalized spacial score (nSPS) is 22.5. The average molecular weight is 394 g/mol. The Morgan fingerprint density at radius 3 is 2.59 bits per heavy atom. The van der Waals surface area contributed by atoms with E-state index < -0.39 is 10.0 Å². The molecule has 2 aliphatic rings. The van der Waals surface area contributed by atoms with Crippen molar-refractivity contribution >= 4 is 21.6 Å². The number of rotatable bonds is 5. The Labute approximate surface area is 163 Å². The zero-order chi connectivity index (χ0) is 19.4. The van der Waals surface area contributed by atoms with E-state index in [0.29, 0.717) is 41.7 Å². The molecule has 7 heteroatoms. The summed E-state index contributed by atoms with van der Waals surface area (Å²) in [6.45, 7) is 7.40. The molecule has 0 radical (unpaired) electrons. The largest absolute Gasteiger partial charge is 0.325 e. The monoisotopic (exact) mass is 393 g/mol. The molecule has 1 amide bonds. The number of carbonyl (C=O) groups excluding carboxylic acids is 1. The number of benzene rings is 1. The number of amides is 1. The Balaban J connectivity index is 1.70. The van der Waals surface area contributed by atoms with Gasteiger partial charge in [-0.3, -0.25) is 9.69 Å². The van der Waals surface area contributed by atoms with E-state index in [-0.39, 0.29) is 5.91 Å². The molecular formula is C20H31N3O3S. The van der Waals surface area contributed by atoms with E-state index in [1.807, 2.05) is 0 Å². The van der Waals surface area contributed by atoms with Gasteiger partial charge in [-0.25, -0.2) is 8.42 Å². The molecule has 0 aromatic heterocycles. The summed E-state index contributed by atoms with van der Waals surface area (Å²) in [5.74, 6) is 0.529. The van der Waals surface area contributed by atoms with Crippen molar-refractivity contribution in [2.75, 3.05) is 38.0 Å². The van der Waals surface area contributed by atoms with Gasteiger partial charge in [-0.2, -0.15) is 4.31 Å². The van der Waals surface area contributed by atoms with E-state index in [1.165, 1.54) is 6.42 Å². The predicted octanol–water partition coefficient (Wildman–Crippen LogP) is 2.84. The van der Waals surface area contributed by atoms with Gasteiger partial charge in [0.05, 0.1) is 11.4 Å². The van der Waals surface area contributed by atoms with Gasteiger partial charge >= 0.3 is 0 Å². The minimum Gasteiger partial charge on any atom is -0.325 e. The Hall–Kier alpha value is -1.44. The summed E-state index contributed by atoms with van der Waals surface area (Å²) >= 11 is 0. The van der Waals surface area contributed by atoms with Crippen LogP contribution in [0.1, 0.15) is 44.6 Å². The van der Waals surface area contributed by atoms with Gasteiger partial charge in [0, 0.05) is 25.3 Å². The van der Waals surface area contributed by atoms with Crippen LogP contribution in [0.2, 0.25) is 0 Å². The lowest BCUT2D eigenvalue weighted by molar-refractivity contribution is -0.117. The summed E-state index contributed by atoms with van der Waals surface area (Å²) in [6.07, 6.45) is 5.23. The summed E-state index contributed by atoms with van der Waals surface area (Å²) < 4.78 is 27.6. The number of hydrogen-bond acceptors (Lipinski definition) is 4. The van der Waals surface area contributed by atoms with Crippen molar-refractivity contribution in [3.8, 4) is 0 Å².